The molecule has 96 valence electrons. The number of rotatable bonds is 3. The third kappa shape index (κ3) is 2.18. The van der Waals surface area contributed by atoms with Crippen molar-refractivity contribution in [1.29, 1.82) is 0 Å². The summed E-state index contributed by atoms with van der Waals surface area (Å²) in [6, 6.07) is 7.42. The van der Waals surface area contributed by atoms with Crippen LogP contribution in [0.25, 0.3) is 0 Å². The van der Waals surface area contributed by atoms with Crippen molar-refractivity contribution in [3.05, 3.63) is 41.2 Å². The van der Waals surface area contributed by atoms with Gasteiger partial charge in [-0.25, -0.2) is 0 Å². The standard InChI is InChI=1S/C14H19N3O/c1-9(12-7-5-6-8-13(12)18)15-14-10(2)16-17(4)11(14)3/h5-9,15,18H,1-4H3. The number of para-hydroxylation sites is 1. The molecular formula is C14H19N3O. The third-order valence-corrected chi connectivity index (χ3v) is 3.27. The lowest BCUT2D eigenvalue weighted by molar-refractivity contribution is 0.465. The van der Waals surface area contributed by atoms with Gasteiger partial charge in [-0.2, -0.15) is 5.10 Å². The van der Waals surface area contributed by atoms with E-state index in [2.05, 4.69) is 10.4 Å². The first-order valence-electron chi connectivity index (χ1n) is 6.05. The SMILES string of the molecule is Cc1nn(C)c(C)c1NC(C)c1ccccc1O. The van der Waals surface area contributed by atoms with Gasteiger partial charge in [0.05, 0.1) is 23.1 Å². The molecule has 0 fully saturated rings. The number of aryl methyl sites for hydroxylation is 2. The highest BCUT2D eigenvalue weighted by atomic mass is 16.3. The number of phenols is 1. The highest BCUT2D eigenvalue weighted by Crippen LogP contribution is 2.28. The van der Waals surface area contributed by atoms with Gasteiger partial charge >= 0.3 is 0 Å². The van der Waals surface area contributed by atoms with Crippen LogP contribution in [0, 0.1) is 13.8 Å². The molecule has 0 aliphatic rings. The molecule has 0 saturated carbocycles. The van der Waals surface area contributed by atoms with Crippen molar-refractivity contribution in [3.63, 3.8) is 0 Å². The van der Waals surface area contributed by atoms with Gasteiger partial charge in [0.25, 0.3) is 0 Å². The summed E-state index contributed by atoms with van der Waals surface area (Å²) in [5.74, 6) is 0.316. The van der Waals surface area contributed by atoms with Gasteiger partial charge in [0.2, 0.25) is 0 Å². The summed E-state index contributed by atoms with van der Waals surface area (Å²) in [6.07, 6.45) is 0. The van der Waals surface area contributed by atoms with E-state index in [1.807, 2.05) is 50.7 Å². The smallest absolute Gasteiger partial charge is 0.120 e. The van der Waals surface area contributed by atoms with Crippen LogP contribution in [0.5, 0.6) is 5.75 Å². The van der Waals surface area contributed by atoms with Crippen LogP contribution in [-0.4, -0.2) is 14.9 Å². The molecule has 4 heteroatoms. The number of hydrogen-bond donors (Lipinski definition) is 2. The first kappa shape index (κ1) is 12.5. The fourth-order valence-electron chi connectivity index (χ4n) is 2.13. The topological polar surface area (TPSA) is 50.1 Å². The molecule has 4 nitrogen and oxygen atoms in total. The van der Waals surface area contributed by atoms with E-state index < -0.39 is 0 Å². The van der Waals surface area contributed by atoms with Crippen molar-refractivity contribution in [1.82, 2.24) is 9.78 Å². The lowest BCUT2D eigenvalue weighted by Crippen LogP contribution is -2.08. The number of aromatic hydroxyl groups is 1. The van der Waals surface area contributed by atoms with Gasteiger partial charge in [-0.05, 0) is 26.8 Å². The molecular weight excluding hydrogens is 226 g/mol. The molecule has 1 heterocycles. The molecule has 1 unspecified atom stereocenters. The number of nitrogens with zero attached hydrogens (tertiary/aromatic N) is 2. The Kier molecular flexibility index (Phi) is 3.28. The summed E-state index contributed by atoms with van der Waals surface area (Å²) in [6.45, 7) is 6.04. The van der Waals surface area contributed by atoms with Crippen LogP contribution in [0.15, 0.2) is 24.3 Å². The highest BCUT2D eigenvalue weighted by molar-refractivity contribution is 5.54. The van der Waals surface area contributed by atoms with E-state index in [1.54, 1.807) is 6.07 Å². The second-order valence-electron chi connectivity index (χ2n) is 4.59. The normalized spacial score (nSPS) is 12.4. The van der Waals surface area contributed by atoms with Crippen molar-refractivity contribution in [2.75, 3.05) is 5.32 Å². The Morgan fingerprint density at radius 3 is 2.50 bits per heavy atom. The van der Waals surface area contributed by atoms with Crippen LogP contribution >= 0.6 is 0 Å². The quantitative estimate of drug-likeness (QED) is 0.874. The Morgan fingerprint density at radius 1 is 1.28 bits per heavy atom. The Morgan fingerprint density at radius 2 is 1.94 bits per heavy atom. The predicted molar refractivity (Wildman–Crippen MR) is 72.8 cm³/mol. The lowest BCUT2D eigenvalue weighted by atomic mass is 10.1. The van der Waals surface area contributed by atoms with Crippen molar-refractivity contribution >= 4 is 5.69 Å². The summed E-state index contributed by atoms with van der Waals surface area (Å²) in [7, 11) is 1.93. The summed E-state index contributed by atoms with van der Waals surface area (Å²) in [5.41, 5.74) is 3.99. The van der Waals surface area contributed by atoms with E-state index in [9.17, 15) is 5.11 Å². The van der Waals surface area contributed by atoms with Gasteiger partial charge in [-0.1, -0.05) is 18.2 Å². The van der Waals surface area contributed by atoms with Gasteiger partial charge < -0.3 is 10.4 Å². The summed E-state index contributed by atoms with van der Waals surface area (Å²) >= 11 is 0. The van der Waals surface area contributed by atoms with Crippen molar-refractivity contribution in [3.8, 4) is 5.75 Å². The third-order valence-electron chi connectivity index (χ3n) is 3.27. The first-order chi connectivity index (χ1) is 8.50. The molecule has 0 bridgehead atoms. The monoisotopic (exact) mass is 245 g/mol. The summed E-state index contributed by atoms with van der Waals surface area (Å²) in [5, 5.41) is 17.6. The molecule has 2 rings (SSSR count). The van der Waals surface area contributed by atoms with E-state index in [0.29, 0.717) is 5.75 Å². The number of anilines is 1. The zero-order valence-electron chi connectivity index (χ0n) is 11.2. The average Bonchev–Trinajstić information content (AvgIpc) is 2.56. The molecule has 0 aliphatic heterocycles. The molecule has 0 aliphatic carbocycles. The Labute approximate surface area is 107 Å². The number of nitrogens with one attached hydrogen (secondary N) is 1. The first-order valence-corrected chi connectivity index (χ1v) is 6.05. The molecule has 1 atom stereocenters. The zero-order chi connectivity index (χ0) is 13.3. The summed E-state index contributed by atoms with van der Waals surface area (Å²) in [4.78, 5) is 0. The largest absolute Gasteiger partial charge is 0.508 e. The molecule has 0 saturated heterocycles. The summed E-state index contributed by atoms with van der Waals surface area (Å²) < 4.78 is 1.86. The van der Waals surface area contributed by atoms with Crippen LogP contribution in [0.4, 0.5) is 5.69 Å². The molecule has 2 N–H and O–H groups in total. The maximum atomic E-state index is 9.84. The number of phenolic OH excluding ortho intramolecular Hbond substituents is 1. The minimum Gasteiger partial charge on any atom is -0.508 e. The van der Waals surface area contributed by atoms with E-state index in [-0.39, 0.29) is 6.04 Å². The van der Waals surface area contributed by atoms with Gasteiger partial charge in [0, 0.05) is 12.6 Å². The van der Waals surface area contributed by atoms with Gasteiger partial charge in [-0.15, -0.1) is 0 Å². The Hall–Kier alpha value is -1.97. The van der Waals surface area contributed by atoms with E-state index in [1.165, 1.54) is 0 Å². The van der Waals surface area contributed by atoms with Crippen molar-refractivity contribution < 1.29 is 5.11 Å². The Balaban J connectivity index is 2.27. The number of hydrogen-bond acceptors (Lipinski definition) is 3. The van der Waals surface area contributed by atoms with E-state index in [0.717, 1.165) is 22.6 Å². The minimum atomic E-state index is 0.0350. The fourth-order valence-corrected chi connectivity index (χ4v) is 2.13. The fraction of sp³-hybridized carbons (Fsp3) is 0.357. The van der Waals surface area contributed by atoms with E-state index in [4.69, 9.17) is 0 Å². The zero-order valence-corrected chi connectivity index (χ0v) is 11.2. The Bertz CT molecular complexity index is 560. The minimum absolute atomic E-state index is 0.0350. The van der Waals surface area contributed by atoms with Crippen LogP contribution in [0.3, 0.4) is 0 Å². The van der Waals surface area contributed by atoms with Crippen LogP contribution < -0.4 is 5.32 Å². The molecule has 2 aromatic rings. The van der Waals surface area contributed by atoms with Crippen molar-refractivity contribution in [2.45, 2.75) is 26.8 Å². The molecule has 1 aromatic heterocycles. The van der Waals surface area contributed by atoms with Crippen LogP contribution in [0.2, 0.25) is 0 Å². The van der Waals surface area contributed by atoms with Crippen LogP contribution in [-0.2, 0) is 7.05 Å². The number of aromatic nitrogens is 2. The van der Waals surface area contributed by atoms with E-state index >= 15 is 0 Å². The van der Waals surface area contributed by atoms with Gasteiger partial charge in [0.1, 0.15) is 5.75 Å². The second kappa shape index (κ2) is 4.72. The molecule has 1 aromatic carbocycles. The van der Waals surface area contributed by atoms with Gasteiger partial charge in [-0.3, -0.25) is 4.68 Å². The number of benzene rings is 1. The van der Waals surface area contributed by atoms with Gasteiger partial charge in [0.15, 0.2) is 0 Å². The average molecular weight is 245 g/mol. The molecule has 0 amide bonds. The molecule has 0 radical (unpaired) electrons. The highest BCUT2D eigenvalue weighted by Gasteiger charge is 2.14. The molecule has 0 spiro atoms. The van der Waals surface area contributed by atoms with Crippen molar-refractivity contribution in [2.24, 2.45) is 7.05 Å². The second-order valence-corrected chi connectivity index (χ2v) is 4.59. The molecule has 18 heavy (non-hydrogen) atoms. The maximum Gasteiger partial charge on any atom is 0.120 e. The van der Waals surface area contributed by atoms with Crippen LogP contribution in [0.1, 0.15) is 29.9 Å². The maximum absolute atomic E-state index is 9.84. The predicted octanol–water partition coefficient (Wildman–Crippen LogP) is 2.92. The lowest BCUT2D eigenvalue weighted by Gasteiger charge is -2.17.